The molecule has 2 aliphatic rings. The lowest BCUT2D eigenvalue weighted by molar-refractivity contribution is -0.149. The number of thioether (sulfide) groups is 1. The van der Waals surface area contributed by atoms with Crippen LogP contribution < -0.4 is 4.87 Å². The number of rotatable bonds is 3. The predicted octanol–water partition coefficient (Wildman–Crippen LogP) is 1.17. The molecule has 2 N–H and O–H groups in total. The second-order valence-corrected chi connectivity index (χ2v) is 8.57. The molecule has 7 nitrogen and oxygen atoms in total. The number of aromatic amines is 1. The Balaban J connectivity index is 1.84. The van der Waals surface area contributed by atoms with Crippen LogP contribution in [0.25, 0.3) is 0 Å². The van der Waals surface area contributed by atoms with Gasteiger partial charge >= 0.3 is 10.8 Å². The van der Waals surface area contributed by atoms with Gasteiger partial charge in [0.25, 0.3) is 0 Å². The molecule has 2 aliphatic heterocycles. The van der Waals surface area contributed by atoms with Crippen molar-refractivity contribution in [2.45, 2.75) is 16.2 Å². The van der Waals surface area contributed by atoms with E-state index in [9.17, 15) is 19.2 Å². The van der Waals surface area contributed by atoms with Crippen molar-refractivity contribution in [1.82, 2.24) is 9.88 Å². The number of carboxylic acid groups (broad SMARTS) is 1. The number of carboxylic acids is 1. The molecule has 2 amide bonds. The predicted molar refractivity (Wildman–Crippen MR) is 88.6 cm³/mol. The van der Waals surface area contributed by atoms with Crippen LogP contribution >= 0.6 is 34.4 Å². The number of nitrogens with zero attached hydrogens (tertiary/aromatic N) is 1. The van der Waals surface area contributed by atoms with E-state index in [-0.39, 0.29) is 4.87 Å². The van der Waals surface area contributed by atoms with Crippen LogP contribution in [0.3, 0.4) is 0 Å². The van der Waals surface area contributed by atoms with Gasteiger partial charge in [0, 0.05) is 15.7 Å². The Hall–Kier alpha value is -1.91. The number of amides is 2. The van der Waals surface area contributed by atoms with Crippen LogP contribution in [0.5, 0.6) is 0 Å². The van der Waals surface area contributed by atoms with Crippen molar-refractivity contribution in [2.24, 2.45) is 5.92 Å². The molecule has 2 aromatic heterocycles. The minimum atomic E-state index is -1.23. The van der Waals surface area contributed by atoms with E-state index in [1.807, 2.05) is 17.5 Å². The van der Waals surface area contributed by atoms with Gasteiger partial charge in [-0.1, -0.05) is 29.2 Å². The van der Waals surface area contributed by atoms with E-state index >= 15 is 0 Å². The van der Waals surface area contributed by atoms with Crippen molar-refractivity contribution < 1.29 is 19.5 Å². The van der Waals surface area contributed by atoms with Crippen molar-refractivity contribution in [3.63, 3.8) is 0 Å². The number of H-pyrrole nitrogens is 1. The van der Waals surface area contributed by atoms with Crippen molar-refractivity contribution >= 4 is 52.2 Å². The van der Waals surface area contributed by atoms with Crippen LogP contribution in [0.15, 0.2) is 27.3 Å². The number of thiophene rings is 1. The molecule has 2 aromatic rings. The molecule has 4 heterocycles. The number of carbonyl (C=O) groups is 3. The number of fused-ring (bicyclic) bond motifs is 2. The minimum Gasteiger partial charge on any atom is -0.480 e. The van der Waals surface area contributed by atoms with Crippen LogP contribution in [0, 0.1) is 5.92 Å². The molecular formula is C14H10N2O5S3. The Kier molecular flexibility index (Phi) is 3.62. The monoisotopic (exact) mass is 382 g/mol. The zero-order valence-electron chi connectivity index (χ0n) is 11.9. The lowest BCUT2D eigenvalue weighted by atomic mass is 9.87. The topological polar surface area (TPSA) is 108 Å². The van der Waals surface area contributed by atoms with Crippen molar-refractivity contribution in [3.05, 3.63) is 36.9 Å². The van der Waals surface area contributed by atoms with Gasteiger partial charge in [0.15, 0.2) is 0 Å². The molecule has 0 aromatic carbocycles. The number of aliphatic carboxylic acids is 1. The molecule has 10 heteroatoms. The largest absolute Gasteiger partial charge is 0.480 e. The maximum absolute atomic E-state index is 12.8. The molecule has 3 unspecified atom stereocenters. The lowest BCUT2D eigenvalue weighted by Crippen LogP contribution is -2.36. The molecule has 1 fully saturated rings. The number of carbonyl (C=O) groups excluding carboxylic acids is 2. The molecule has 3 atom stereocenters. The molecule has 0 aliphatic carbocycles. The first-order valence-corrected chi connectivity index (χ1v) is 9.55. The SMILES string of the molecule is O=C(O)CN1C(=O)C2Sc3[nH]c(=O)sc3C(c3cccs3)C2C1=O. The fourth-order valence-electron chi connectivity index (χ4n) is 3.14. The number of likely N-dealkylation sites (tertiary alicyclic amines) is 1. The highest BCUT2D eigenvalue weighted by Crippen LogP contribution is 2.53. The zero-order chi connectivity index (χ0) is 17.0. The quantitative estimate of drug-likeness (QED) is 0.772. The van der Waals surface area contributed by atoms with Gasteiger partial charge in [-0.15, -0.1) is 11.3 Å². The molecule has 24 heavy (non-hydrogen) atoms. The maximum Gasteiger partial charge on any atom is 0.323 e. The lowest BCUT2D eigenvalue weighted by Gasteiger charge is -2.28. The number of nitrogens with one attached hydrogen (secondary N) is 1. The normalized spacial score (nSPS) is 25.7. The summed E-state index contributed by atoms with van der Waals surface area (Å²) in [4.78, 5) is 53.0. The average Bonchev–Trinajstić information content (AvgIpc) is 3.21. The number of thiazole rings is 1. The summed E-state index contributed by atoms with van der Waals surface area (Å²) >= 11 is 3.64. The second kappa shape index (κ2) is 5.57. The van der Waals surface area contributed by atoms with Crippen LogP contribution in [0.1, 0.15) is 15.7 Å². The van der Waals surface area contributed by atoms with Gasteiger partial charge in [0.05, 0.1) is 10.9 Å². The van der Waals surface area contributed by atoms with E-state index < -0.39 is 41.4 Å². The van der Waals surface area contributed by atoms with Gasteiger partial charge in [-0.25, -0.2) is 0 Å². The third-order valence-corrected chi connectivity index (χ3v) is 7.41. The fraction of sp³-hybridized carbons (Fsp3) is 0.286. The summed E-state index contributed by atoms with van der Waals surface area (Å²) in [5, 5.41) is 10.7. The average molecular weight is 382 g/mol. The van der Waals surface area contributed by atoms with E-state index in [0.717, 1.165) is 37.8 Å². The highest BCUT2D eigenvalue weighted by Gasteiger charge is 2.56. The number of aromatic nitrogens is 1. The first-order valence-electron chi connectivity index (χ1n) is 6.97. The number of hydrogen-bond acceptors (Lipinski definition) is 7. The van der Waals surface area contributed by atoms with E-state index in [2.05, 4.69) is 4.98 Å². The van der Waals surface area contributed by atoms with Gasteiger partial charge in [-0.3, -0.25) is 24.1 Å². The Bertz CT molecular complexity index is 900. The minimum absolute atomic E-state index is 0.226. The Morgan fingerprint density at radius 2 is 2.08 bits per heavy atom. The van der Waals surface area contributed by atoms with Crippen LogP contribution in [0.4, 0.5) is 0 Å². The molecule has 4 rings (SSSR count). The van der Waals surface area contributed by atoms with Crippen LogP contribution in [0.2, 0.25) is 0 Å². The summed E-state index contributed by atoms with van der Waals surface area (Å²) in [7, 11) is 0. The van der Waals surface area contributed by atoms with E-state index in [1.165, 1.54) is 11.3 Å². The van der Waals surface area contributed by atoms with Crippen molar-refractivity contribution in [2.75, 3.05) is 6.54 Å². The molecular weight excluding hydrogens is 372 g/mol. The van der Waals surface area contributed by atoms with Crippen molar-refractivity contribution in [1.29, 1.82) is 0 Å². The highest BCUT2D eigenvalue weighted by atomic mass is 32.2. The van der Waals surface area contributed by atoms with Crippen LogP contribution in [-0.4, -0.2) is 44.6 Å². The third kappa shape index (κ3) is 2.25. The molecule has 124 valence electrons. The first-order chi connectivity index (χ1) is 11.5. The standard InChI is InChI=1S/C14H10N2O5S3/c17-6(18)4-16-12(19)8-7(5-2-1-3-22-5)9-11(15-14(21)24-9)23-10(8)13(16)20/h1-3,7-8,10H,4H2,(H,15,21)(H,17,18). The first kappa shape index (κ1) is 15.6. The smallest absolute Gasteiger partial charge is 0.323 e. The number of imide groups is 1. The summed E-state index contributed by atoms with van der Waals surface area (Å²) in [5.74, 6) is -3.29. The Morgan fingerprint density at radius 1 is 1.29 bits per heavy atom. The Labute approximate surface area is 147 Å². The van der Waals surface area contributed by atoms with E-state index in [1.54, 1.807) is 0 Å². The molecule has 1 saturated heterocycles. The number of hydrogen-bond donors (Lipinski definition) is 2. The molecule has 0 radical (unpaired) electrons. The second-order valence-electron chi connectivity index (χ2n) is 5.42. The van der Waals surface area contributed by atoms with Gasteiger partial charge < -0.3 is 10.1 Å². The van der Waals surface area contributed by atoms with E-state index in [4.69, 9.17) is 5.11 Å². The van der Waals surface area contributed by atoms with Crippen LogP contribution in [-0.2, 0) is 14.4 Å². The van der Waals surface area contributed by atoms with Gasteiger partial charge in [-0.05, 0) is 11.4 Å². The highest BCUT2D eigenvalue weighted by molar-refractivity contribution is 8.00. The summed E-state index contributed by atoms with van der Waals surface area (Å²) in [5.41, 5.74) is 0. The maximum atomic E-state index is 12.8. The Morgan fingerprint density at radius 3 is 2.75 bits per heavy atom. The zero-order valence-corrected chi connectivity index (χ0v) is 14.4. The van der Waals surface area contributed by atoms with Gasteiger partial charge in [0.1, 0.15) is 11.8 Å². The van der Waals surface area contributed by atoms with E-state index in [0.29, 0.717) is 5.03 Å². The van der Waals surface area contributed by atoms with Crippen molar-refractivity contribution in [3.8, 4) is 0 Å². The molecule has 0 bridgehead atoms. The summed E-state index contributed by atoms with van der Waals surface area (Å²) in [6, 6.07) is 3.72. The molecule has 0 spiro atoms. The summed E-state index contributed by atoms with van der Waals surface area (Å²) in [6.07, 6.45) is 0. The van der Waals surface area contributed by atoms with Gasteiger partial charge in [-0.2, -0.15) is 0 Å². The third-order valence-electron chi connectivity index (χ3n) is 4.06. The fourth-order valence-corrected chi connectivity index (χ4v) is 6.63. The molecule has 0 saturated carbocycles. The summed E-state index contributed by atoms with van der Waals surface area (Å²) < 4.78 is 0. The van der Waals surface area contributed by atoms with Gasteiger partial charge in [0.2, 0.25) is 11.8 Å². The summed E-state index contributed by atoms with van der Waals surface area (Å²) in [6.45, 7) is -0.632.